The molecule has 0 aliphatic rings. The van der Waals surface area contributed by atoms with Gasteiger partial charge in [-0.05, 0) is 29.5 Å². The molecule has 2 rings (SSSR count). The van der Waals surface area contributed by atoms with Crippen LogP contribution in [0, 0.1) is 5.41 Å². The highest BCUT2D eigenvalue weighted by molar-refractivity contribution is 9.10. The second kappa shape index (κ2) is 6.71. The lowest BCUT2D eigenvalue weighted by Gasteiger charge is -2.22. The van der Waals surface area contributed by atoms with Crippen molar-refractivity contribution in [3.05, 3.63) is 46.0 Å². The molecule has 0 radical (unpaired) electrons. The second-order valence-corrected chi connectivity index (χ2v) is 7.47. The van der Waals surface area contributed by atoms with Crippen molar-refractivity contribution in [2.75, 3.05) is 6.54 Å². The molecule has 114 valence electrons. The van der Waals surface area contributed by atoms with Crippen LogP contribution >= 0.6 is 15.9 Å². The Labute approximate surface area is 134 Å². The third-order valence-corrected chi connectivity index (χ3v) is 3.72. The SMILES string of the molecule is CC(C)(C)CC(CN)c1nc(Cc2cccc(Br)c2)no1. The van der Waals surface area contributed by atoms with Gasteiger partial charge in [0, 0.05) is 17.4 Å². The lowest BCUT2D eigenvalue weighted by atomic mass is 9.84. The molecule has 2 N–H and O–H groups in total. The molecule has 1 unspecified atom stereocenters. The molecule has 0 saturated heterocycles. The van der Waals surface area contributed by atoms with Gasteiger partial charge in [-0.25, -0.2) is 0 Å². The first kappa shape index (κ1) is 16.2. The van der Waals surface area contributed by atoms with E-state index in [1.54, 1.807) is 0 Å². The van der Waals surface area contributed by atoms with Gasteiger partial charge in [0.15, 0.2) is 5.82 Å². The Morgan fingerprint density at radius 3 is 2.71 bits per heavy atom. The molecule has 0 bridgehead atoms. The number of nitrogens with zero attached hydrogens (tertiary/aromatic N) is 2. The van der Waals surface area contributed by atoms with Crippen LogP contribution in [0.4, 0.5) is 0 Å². The number of halogens is 1. The molecule has 0 fully saturated rings. The van der Waals surface area contributed by atoms with Gasteiger partial charge in [0.05, 0.1) is 5.92 Å². The molecule has 2 aromatic rings. The standard InChI is InChI=1S/C16H22BrN3O/c1-16(2,3)9-12(10-18)15-19-14(20-21-15)8-11-5-4-6-13(17)7-11/h4-7,12H,8-10,18H2,1-3H3. The van der Waals surface area contributed by atoms with E-state index in [0.717, 1.165) is 16.5 Å². The van der Waals surface area contributed by atoms with Crippen molar-refractivity contribution < 1.29 is 4.52 Å². The van der Waals surface area contributed by atoms with E-state index < -0.39 is 0 Å². The molecule has 21 heavy (non-hydrogen) atoms. The molecular formula is C16H22BrN3O. The van der Waals surface area contributed by atoms with Crippen LogP contribution in [0.1, 0.15) is 50.4 Å². The lowest BCUT2D eigenvalue weighted by molar-refractivity contribution is 0.286. The molecule has 1 aromatic heterocycles. The van der Waals surface area contributed by atoms with Gasteiger partial charge in [0.1, 0.15) is 0 Å². The van der Waals surface area contributed by atoms with Crippen LogP contribution in [-0.4, -0.2) is 16.7 Å². The average Bonchev–Trinajstić information content (AvgIpc) is 2.83. The summed E-state index contributed by atoms with van der Waals surface area (Å²) in [5.41, 5.74) is 7.19. The van der Waals surface area contributed by atoms with E-state index in [1.165, 1.54) is 0 Å². The molecule has 0 saturated carbocycles. The molecule has 1 atom stereocenters. The monoisotopic (exact) mass is 351 g/mol. The maximum absolute atomic E-state index is 5.86. The van der Waals surface area contributed by atoms with E-state index >= 15 is 0 Å². The molecule has 0 aliphatic carbocycles. The summed E-state index contributed by atoms with van der Waals surface area (Å²) in [5.74, 6) is 1.47. The van der Waals surface area contributed by atoms with Gasteiger partial charge in [-0.2, -0.15) is 4.98 Å². The smallest absolute Gasteiger partial charge is 0.231 e. The summed E-state index contributed by atoms with van der Waals surface area (Å²) in [7, 11) is 0. The van der Waals surface area contributed by atoms with Gasteiger partial charge < -0.3 is 10.3 Å². The van der Waals surface area contributed by atoms with E-state index in [2.05, 4.69) is 59.0 Å². The first-order valence-corrected chi connectivity index (χ1v) is 7.93. The summed E-state index contributed by atoms with van der Waals surface area (Å²) >= 11 is 3.47. The fourth-order valence-corrected chi connectivity index (χ4v) is 2.79. The molecule has 0 amide bonds. The van der Waals surface area contributed by atoms with E-state index in [4.69, 9.17) is 10.3 Å². The molecule has 0 spiro atoms. The summed E-state index contributed by atoms with van der Waals surface area (Å²) in [6.45, 7) is 7.09. The van der Waals surface area contributed by atoms with Crippen LogP contribution < -0.4 is 5.73 Å². The first-order valence-electron chi connectivity index (χ1n) is 7.14. The van der Waals surface area contributed by atoms with Crippen LogP contribution in [-0.2, 0) is 6.42 Å². The Hall–Kier alpha value is -1.20. The van der Waals surface area contributed by atoms with Crippen LogP contribution in [0.25, 0.3) is 0 Å². The number of hydrogen-bond acceptors (Lipinski definition) is 4. The molecule has 1 aromatic carbocycles. The Kier molecular flexibility index (Phi) is 5.17. The Bertz CT molecular complexity index is 589. The minimum atomic E-state index is 0.119. The maximum Gasteiger partial charge on any atom is 0.231 e. The molecule has 0 aliphatic heterocycles. The molecular weight excluding hydrogens is 330 g/mol. The number of rotatable bonds is 5. The Morgan fingerprint density at radius 1 is 1.33 bits per heavy atom. The Morgan fingerprint density at radius 2 is 2.10 bits per heavy atom. The van der Waals surface area contributed by atoms with E-state index in [0.29, 0.717) is 24.7 Å². The largest absolute Gasteiger partial charge is 0.339 e. The van der Waals surface area contributed by atoms with Gasteiger partial charge in [0.2, 0.25) is 5.89 Å². The molecule has 5 heteroatoms. The number of benzene rings is 1. The molecule has 1 heterocycles. The summed E-state index contributed by atoms with van der Waals surface area (Å²) < 4.78 is 6.47. The summed E-state index contributed by atoms with van der Waals surface area (Å²) in [4.78, 5) is 4.52. The van der Waals surface area contributed by atoms with Crippen LogP contribution in [0.3, 0.4) is 0 Å². The fraction of sp³-hybridized carbons (Fsp3) is 0.500. The van der Waals surface area contributed by atoms with Crippen molar-refractivity contribution >= 4 is 15.9 Å². The van der Waals surface area contributed by atoms with Gasteiger partial charge in [-0.15, -0.1) is 0 Å². The highest BCUT2D eigenvalue weighted by Gasteiger charge is 2.24. The second-order valence-electron chi connectivity index (χ2n) is 6.55. The lowest BCUT2D eigenvalue weighted by Crippen LogP contribution is -2.19. The van der Waals surface area contributed by atoms with Crippen molar-refractivity contribution in [3.8, 4) is 0 Å². The topological polar surface area (TPSA) is 64.9 Å². The minimum Gasteiger partial charge on any atom is -0.339 e. The van der Waals surface area contributed by atoms with Crippen molar-refractivity contribution in [3.63, 3.8) is 0 Å². The van der Waals surface area contributed by atoms with Crippen LogP contribution in [0.2, 0.25) is 0 Å². The summed E-state index contributed by atoms with van der Waals surface area (Å²) in [6.07, 6.45) is 1.60. The molecule has 4 nitrogen and oxygen atoms in total. The normalized spacial score (nSPS) is 13.4. The number of hydrogen-bond donors (Lipinski definition) is 1. The van der Waals surface area contributed by atoms with Crippen molar-refractivity contribution in [1.29, 1.82) is 0 Å². The highest BCUT2D eigenvalue weighted by Crippen LogP contribution is 2.29. The first-order chi connectivity index (χ1) is 9.87. The Balaban J connectivity index is 2.10. The maximum atomic E-state index is 5.86. The zero-order chi connectivity index (χ0) is 15.5. The van der Waals surface area contributed by atoms with E-state index in [1.807, 2.05) is 12.1 Å². The number of nitrogens with two attached hydrogens (primary N) is 1. The fourth-order valence-electron chi connectivity index (χ4n) is 2.35. The highest BCUT2D eigenvalue weighted by atomic mass is 79.9. The predicted molar refractivity (Wildman–Crippen MR) is 87.1 cm³/mol. The van der Waals surface area contributed by atoms with Crippen LogP contribution in [0.15, 0.2) is 33.3 Å². The number of aromatic nitrogens is 2. The zero-order valence-corrected chi connectivity index (χ0v) is 14.4. The van der Waals surface area contributed by atoms with Gasteiger partial charge >= 0.3 is 0 Å². The van der Waals surface area contributed by atoms with Gasteiger partial charge in [-0.3, -0.25) is 0 Å². The third kappa shape index (κ3) is 4.93. The summed E-state index contributed by atoms with van der Waals surface area (Å²) in [5, 5.41) is 4.08. The zero-order valence-electron chi connectivity index (χ0n) is 12.8. The van der Waals surface area contributed by atoms with Crippen molar-refractivity contribution in [2.24, 2.45) is 11.1 Å². The summed E-state index contributed by atoms with van der Waals surface area (Å²) in [6, 6.07) is 8.11. The average molecular weight is 352 g/mol. The van der Waals surface area contributed by atoms with Crippen molar-refractivity contribution in [1.82, 2.24) is 10.1 Å². The minimum absolute atomic E-state index is 0.119. The third-order valence-electron chi connectivity index (χ3n) is 3.23. The predicted octanol–water partition coefficient (Wildman–Crippen LogP) is 3.90. The van der Waals surface area contributed by atoms with Crippen LogP contribution in [0.5, 0.6) is 0 Å². The van der Waals surface area contributed by atoms with E-state index in [9.17, 15) is 0 Å². The van der Waals surface area contributed by atoms with Crippen molar-refractivity contribution in [2.45, 2.75) is 39.5 Å². The van der Waals surface area contributed by atoms with Gasteiger partial charge in [-0.1, -0.05) is 54.0 Å². The van der Waals surface area contributed by atoms with E-state index in [-0.39, 0.29) is 11.3 Å². The quantitative estimate of drug-likeness (QED) is 0.886. The van der Waals surface area contributed by atoms with Gasteiger partial charge in [0.25, 0.3) is 0 Å².